The van der Waals surface area contributed by atoms with E-state index in [1.807, 2.05) is 29.2 Å². The monoisotopic (exact) mass is 419 g/mol. The van der Waals surface area contributed by atoms with Crippen LogP contribution in [0.4, 0.5) is 0 Å². The molecule has 0 bridgehead atoms. The summed E-state index contributed by atoms with van der Waals surface area (Å²) in [6.07, 6.45) is 0. The molecule has 2 aromatic carbocycles. The molecule has 1 unspecified atom stereocenters. The first-order chi connectivity index (χ1) is 14.1. The van der Waals surface area contributed by atoms with Crippen LogP contribution in [-0.4, -0.2) is 52.1 Å². The van der Waals surface area contributed by atoms with Crippen LogP contribution in [0.3, 0.4) is 0 Å². The maximum Gasteiger partial charge on any atom is 0.234 e. The Morgan fingerprint density at radius 3 is 2.10 bits per heavy atom. The fourth-order valence-corrected chi connectivity index (χ4v) is 4.56. The van der Waals surface area contributed by atoms with Gasteiger partial charge in [-0.2, -0.15) is 0 Å². The molecule has 156 valence electrons. The van der Waals surface area contributed by atoms with Crippen molar-refractivity contribution in [1.82, 2.24) is 4.90 Å². The summed E-state index contributed by atoms with van der Waals surface area (Å²) < 4.78 is 27.2. The summed E-state index contributed by atoms with van der Waals surface area (Å²) in [6, 6.07) is 9.35. The van der Waals surface area contributed by atoms with Gasteiger partial charge in [0.2, 0.25) is 11.7 Å². The summed E-state index contributed by atoms with van der Waals surface area (Å²) in [5.41, 5.74) is 1.78. The smallest absolute Gasteiger partial charge is 0.234 e. The number of hydrogen-bond donors (Lipinski definition) is 0. The van der Waals surface area contributed by atoms with E-state index < -0.39 is 0 Å². The molecule has 0 aliphatic carbocycles. The molecule has 29 heavy (non-hydrogen) atoms. The molecule has 8 heteroatoms. The van der Waals surface area contributed by atoms with Crippen molar-refractivity contribution in [2.75, 3.05) is 41.3 Å². The second-order valence-electron chi connectivity index (χ2n) is 6.33. The fourth-order valence-electron chi connectivity index (χ4n) is 3.36. The SMILES string of the molecule is COc1cc(CN2C(=O)CSC2c2ccc(OC)c(OC)c2OC)cc(OC)c1. The number of carbonyl (C=O) groups excluding carboxylic acids is 1. The van der Waals surface area contributed by atoms with Gasteiger partial charge >= 0.3 is 0 Å². The summed E-state index contributed by atoms with van der Waals surface area (Å²) in [4.78, 5) is 14.5. The number of thioether (sulfide) groups is 1. The number of ether oxygens (including phenoxy) is 5. The van der Waals surface area contributed by atoms with Crippen molar-refractivity contribution in [3.05, 3.63) is 41.5 Å². The Morgan fingerprint density at radius 2 is 1.55 bits per heavy atom. The molecule has 1 saturated heterocycles. The minimum Gasteiger partial charge on any atom is -0.497 e. The van der Waals surface area contributed by atoms with E-state index in [2.05, 4.69) is 0 Å². The molecule has 1 amide bonds. The van der Waals surface area contributed by atoms with Crippen molar-refractivity contribution < 1.29 is 28.5 Å². The van der Waals surface area contributed by atoms with E-state index in [-0.39, 0.29) is 11.3 Å². The van der Waals surface area contributed by atoms with Crippen LogP contribution in [0.15, 0.2) is 30.3 Å². The summed E-state index contributed by atoms with van der Waals surface area (Å²) >= 11 is 1.55. The van der Waals surface area contributed by atoms with Gasteiger partial charge in [0.25, 0.3) is 0 Å². The van der Waals surface area contributed by atoms with Crippen LogP contribution in [0.1, 0.15) is 16.5 Å². The number of rotatable bonds is 8. The lowest BCUT2D eigenvalue weighted by atomic mass is 10.1. The summed E-state index contributed by atoms with van der Waals surface area (Å²) in [5.74, 6) is 3.45. The predicted octanol–water partition coefficient (Wildman–Crippen LogP) is 3.50. The van der Waals surface area contributed by atoms with Crippen molar-refractivity contribution >= 4 is 17.7 Å². The summed E-state index contributed by atoms with van der Waals surface area (Å²) in [6.45, 7) is 0.418. The number of amides is 1. The lowest BCUT2D eigenvalue weighted by molar-refractivity contribution is -0.128. The number of methoxy groups -OCH3 is 5. The van der Waals surface area contributed by atoms with Crippen molar-refractivity contribution in [2.45, 2.75) is 11.9 Å². The Labute approximate surface area is 174 Å². The lowest BCUT2D eigenvalue weighted by Gasteiger charge is -2.27. The zero-order valence-electron chi connectivity index (χ0n) is 17.2. The minimum atomic E-state index is -0.213. The number of carbonyl (C=O) groups is 1. The van der Waals surface area contributed by atoms with Crippen LogP contribution in [0.25, 0.3) is 0 Å². The van der Waals surface area contributed by atoms with Crippen LogP contribution in [-0.2, 0) is 11.3 Å². The number of nitrogens with zero attached hydrogens (tertiary/aromatic N) is 1. The third-order valence-corrected chi connectivity index (χ3v) is 5.97. The molecular weight excluding hydrogens is 394 g/mol. The van der Waals surface area contributed by atoms with Gasteiger partial charge < -0.3 is 28.6 Å². The van der Waals surface area contributed by atoms with E-state index in [0.717, 1.165) is 11.1 Å². The molecule has 1 fully saturated rings. The van der Waals surface area contributed by atoms with Gasteiger partial charge in [-0.25, -0.2) is 0 Å². The Morgan fingerprint density at radius 1 is 0.897 bits per heavy atom. The van der Waals surface area contributed by atoms with Gasteiger partial charge in [-0.05, 0) is 29.8 Å². The van der Waals surface area contributed by atoms with Crippen LogP contribution >= 0.6 is 11.8 Å². The normalized spacial score (nSPS) is 16.0. The summed E-state index contributed by atoms with van der Waals surface area (Å²) in [5, 5.41) is -0.213. The quantitative estimate of drug-likeness (QED) is 0.649. The molecule has 3 rings (SSSR count). The van der Waals surface area contributed by atoms with Crippen LogP contribution in [0, 0.1) is 0 Å². The highest BCUT2D eigenvalue weighted by molar-refractivity contribution is 8.00. The Balaban J connectivity index is 1.98. The second kappa shape index (κ2) is 9.17. The van der Waals surface area contributed by atoms with E-state index >= 15 is 0 Å². The highest BCUT2D eigenvalue weighted by Crippen LogP contribution is 2.49. The molecule has 0 radical (unpaired) electrons. The van der Waals surface area contributed by atoms with Crippen molar-refractivity contribution in [3.8, 4) is 28.7 Å². The minimum absolute atomic E-state index is 0.0543. The van der Waals surface area contributed by atoms with Gasteiger partial charge in [-0.3, -0.25) is 4.79 Å². The molecular formula is C21H25NO6S. The van der Waals surface area contributed by atoms with Gasteiger partial charge in [-0.1, -0.05) is 0 Å². The van der Waals surface area contributed by atoms with Crippen molar-refractivity contribution in [3.63, 3.8) is 0 Å². The first kappa shape index (κ1) is 21.0. The second-order valence-corrected chi connectivity index (χ2v) is 7.40. The zero-order chi connectivity index (χ0) is 21.0. The largest absolute Gasteiger partial charge is 0.497 e. The van der Waals surface area contributed by atoms with E-state index in [1.165, 1.54) is 0 Å². The fraction of sp³-hybridized carbons (Fsp3) is 0.381. The predicted molar refractivity (Wildman–Crippen MR) is 111 cm³/mol. The lowest BCUT2D eigenvalue weighted by Crippen LogP contribution is -2.28. The molecule has 7 nitrogen and oxygen atoms in total. The Hall–Kier alpha value is -2.74. The van der Waals surface area contributed by atoms with Crippen molar-refractivity contribution in [1.29, 1.82) is 0 Å². The van der Waals surface area contributed by atoms with E-state index in [0.29, 0.717) is 41.0 Å². The van der Waals surface area contributed by atoms with Gasteiger partial charge in [0.15, 0.2) is 11.5 Å². The average Bonchev–Trinajstić information content (AvgIpc) is 3.11. The maximum atomic E-state index is 12.7. The van der Waals surface area contributed by atoms with Gasteiger partial charge in [0, 0.05) is 18.2 Å². The molecule has 1 heterocycles. The van der Waals surface area contributed by atoms with E-state index in [9.17, 15) is 4.79 Å². The maximum absolute atomic E-state index is 12.7. The standard InChI is InChI=1S/C21H25NO6S/c1-24-14-8-13(9-15(10-14)25-2)11-22-18(23)12-29-21(22)16-6-7-17(26-3)20(28-5)19(16)27-4/h6-10,21H,11-12H2,1-5H3. The van der Waals surface area contributed by atoms with E-state index in [1.54, 1.807) is 53.4 Å². The topological polar surface area (TPSA) is 66.5 Å². The molecule has 0 saturated carbocycles. The third kappa shape index (κ3) is 4.17. The molecule has 0 spiro atoms. The summed E-state index contributed by atoms with van der Waals surface area (Å²) in [7, 11) is 7.93. The molecule has 2 aromatic rings. The van der Waals surface area contributed by atoms with Crippen LogP contribution in [0.5, 0.6) is 28.7 Å². The van der Waals surface area contributed by atoms with Gasteiger partial charge in [0.05, 0.1) is 41.3 Å². The van der Waals surface area contributed by atoms with E-state index in [4.69, 9.17) is 23.7 Å². The Kier molecular flexibility index (Phi) is 6.64. The molecule has 1 aliphatic heterocycles. The number of benzene rings is 2. The highest BCUT2D eigenvalue weighted by Gasteiger charge is 2.36. The molecule has 1 atom stereocenters. The first-order valence-electron chi connectivity index (χ1n) is 8.98. The van der Waals surface area contributed by atoms with Gasteiger partial charge in [0.1, 0.15) is 16.9 Å². The first-order valence-corrected chi connectivity index (χ1v) is 10.0. The molecule has 0 aromatic heterocycles. The zero-order valence-corrected chi connectivity index (χ0v) is 18.0. The molecule has 1 aliphatic rings. The third-order valence-electron chi connectivity index (χ3n) is 4.73. The molecule has 0 N–H and O–H groups in total. The average molecular weight is 419 g/mol. The highest BCUT2D eigenvalue weighted by atomic mass is 32.2. The Bertz CT molecular complexity index is 865. The van der Waals surface area contributed by atoms with Crippen LogP contribution < -0.4 is 23.7 Å². The van der Waals surface area contributed by atoms with Gasteiger partial charge in [-0.15, -0.1) is 11.8 Å². The van der Waals surface area contributed by atoms with Crippen molar-refractivity contribution in [2.24, 2.45) is 0 Å². The van der Waals surface area contributed by atoms with Crippen LogP contribution in [0.2, 0.25) is 0 Å². The number of hydrogen-bond acceptors (Lipinski definition) is 7.